The van der Waals surface area contributed by atoms with E-state index >= 15 is 4.39 Å². The molecule has 0 radical (unpaired) electrons. The van der Waals surface area contributed by atoms with Gasteiger partial charge in [0.1, 0.15) is 13.2 Å². The zero-order valence-electron chi connectivity index (χ0n) is 21.0. The number of hydrogen-bond acceptors (Lipinski definition) is 7. The quantitative estimate of drug-likeness (QED) is 0.269. The second kappa shape index (κ2) is 8.66. The predicted octanol–water partition coefficient (Wildman–Crippen LogP) is 3.94. The fraction of sp³-hybridized carbons (Fsp3) is 0.276. The Bertz CT molecular complexity index is 1700. The molecule has 1 atom stereocenters. The SMILES string of the molecule is CCc1c2c(nc3cc(F)c(OCc4ccc(N)cc4)cc13)-c1cc3c(c(=O)n1C2)COC(=O)[C@]3(O)CC. The molecule has 0 unspecified atom stereocenters. The lowest BCUT2D eigenvalue weighted by Crippen LogP contribution is -2.44. The van der Waals surface area contributed by atoms with Crippen molar-refractivity contribution in [2.45, 2.75) is 52.0 Å². The zero-order chi connectivity index (χ0) is 26.8. The van der Waals surface area contributed by atoms with Crippen molar-refractivity contribution in [2.24, 2.45) is 0 Å². The number of pyridine rings is 2. The highest BCUT2D eigenvalue weighted by Crippen LogP contribution is 2.41. The van der Waals surface area contributed by atoms with E-state index in [2.05, 4.69) is 0 Å². The highest BCUT2D eigenvalue weighted by atomic mass is 19.1. The van der Waals surface area contributed by atoms with Crippen LogP contribution in [0.1, 0.15) is 48.1 Å². The van der Waals surface area contributed by atoms with E-state index in [4.69, 9.17) is 20.2 Å². The molecule has 0 bridgehead atoms. The highest BCUT2D eigenvalue weighted by Gasteiger charge is 2.45. The number of ether oxygens (including phenoxy) is 2. The van der Waals surface area contributed by atoms with E-state index in [1.54, 1.807) is 35.8 Å². The molecule has 2 aliphatic heterocycles. The Morgan fingerprint density at radius 1 is 1.16 bits per heavy atom. The summed E-state index contributed by atoms with van der Waals surface area (Å²) in [6.45, 7) is 3.91. The van der Waals surface area contributed by atoms with Crippen LogP contribution in [0.25, 0.3) is 22.3 Å². The molecular weight excluding hydrogens is 489 g/mol. The maximum atomic E-state index is 15.1. The van der Waals surface area contributed by atoms with Crippen molar-refractivity contribution in [3.8, 4) is 17.1 Å². The number of aliphatic hydroxyl groups is 1. The average Bonchev–Trinajstić information content (AvgIpc) is 3.28. The van der Waals surface area contributed by atoms with Gasteiger partial charge in [-0.15, -0.1) is 0 Å². The summed E-state index contributed by atoms with van der Waals surface area (Å²) in [7, 11) is 0. The molecule has 3 N–H and O–H groups in total. The Morgan fingerprint density at radius 3 is 2.63 bits per heavy atom. The van der Waals surface area contributed by atoms with Crippen molar-refractivity contribution in [1.82, 2.24) is 9.55 Å². The van der Waals surface area contributed by atoms with Gasteiger partial charge in [0.25, 0.3) is 5.56 Å². The number of halogens is 1. The van der Waals surface area contributed by atoms with Gasteiger partial charge in [-0.3, -0.25) is 4.79 Å². The van der Waals surface area contributed by atoms with Crippen molar-refractivity contribution in [3.63, 3.8) is 0 Å². The van der Waals surface area contributed by atoms with Gasteiger partial charge in [0.05, 0.1) is 29.0 Å². The monoisotopic (exact) mass is 515 g/mol. The summed E-state index contributed by atoms with van der Waals surface area (Å²) in [5.41, 5.74) is 8.75. The van der Waals surface area contributed by atoms with Crippen molar-refractivity contribution in [2.75, 3.05) is 5.73 Å². The van der Waals surface area contributed by atoms with Crippen LogP contribution in [0.5, 0.6) is 5.75 Å². The summed E-state index contributed by atoms with van der Waals surface area (Å²) >= 11 is 0. The number of anilines is 1. The van der Waals surface area contributed by atoms with E-state index in [1.807, 2.05) is 19.1 Å². The number of cyclic esters (lactones) is 1. The van der Waals surface area contributed by atoms with E-state index in [0.29, 0.717) is 29.0 Å². The molecule has 4 aromatic rings. The molecule has 0 fully saturated rings. The largest absolute Gasteiger partial charge is 0.486 e. The van der Waals surface area contributed by atoms with Gasteiger partial charge in [-0.05, 0) is 48.2 Å². The average molecular weight is 516 g/mol. The fourth-order valence-corrected chi connectivity index (χ4v) is 5.45. The minimum atomic E-state index is -1.90. The maximum Gasteiger partial charge on any atom is 0.343 e. The number of nitrogen functional groups attached to an aromatic ring is 1. The summed E-state index contributed by atoms with van der Waals surface area (Å²) in [4.78, 5) is 30.6. The first kappa shape index (κ1) is 24.1. The minimum absolute atomic E-state index is 0.0598. The van der Waals surface area contributed by atoms with Crippen molar-refractivity contribution >= 4 is 22.6 Å². The number of carbonyl (C=O) groups is 1. The first-order valence-electron chi connectivity index (χ1n) is 12.5. The van der Waals surface area contributed by atoms with Gasteiger partial charge in [0.2, 0.25) is 0 Å². The molecule has 0 amide bonds. The van der Waals surface area contributed by atoms with Gasteiger partial charge < -0.3 is 24.9 Å². The second-order valence-corrected chi connectivity index (χ2v) is 9.70. The third kappa shape index (κ3) is 3.49. The van der Waals surface area contributed by atoms with Gasteiger partial charge in [-0.1, -0.05) is 26.0 Å². The normalized spacial score (nSPS) is 17.6. The number of aromatic nitrogens is 2. The smallest absolute Gasteiger partial charge is 0.343 e. The van der Waals surface area contributed by atoms with Crippen LogP contribution in [-0.2, 0) is 41.3 Å². The van der Waals surface area contributed by atoms with Crippen LogP contribution in [0.3, 0.4) is 0 Å². The molecule has 2 aliphatic rings. The van der Waals surface area contributed by atoms with Crippen LogP contribution in [-0.4, -0.2) is 20.6 Å². The number of carbonyl (C=O) groups excluding carboxylic acids is 1. The summed E-state index contributed by atoms with van der Waals surface area (Å²) in [6, 6.07) is 11.8. The summed E-state index contributed by atoms with van der Waals surface area (Å²) in [5.74, 6) is -1.21. The summed E-state index contributed by atoms with van der Waals surface area (Å²) in [6.07, 6.45) is 0.678. The van der Waals surface area contributed by atoms with Gasteiger partial charge in [-0.2, -0.15) is 0 Å². The maximum absolute atomic E-state index is 15.1. The first-order chi connectivity index (χ1) is 18.2. The molecular formula is C29H26FN3O5. The fourth-order valence-electron chi connectivity index (χ4n) is 5.45. The van der Waals surface area contributed by atoms with Crippen LogP contribution in [0.2, 0.25) is 0 Å². The molecule has 0 aliphatic carbocycles. The number of nitrogens with two attached hydrogens (primary N) is 1. The van der Waals surface area contributed by atoms with E-state index < -0.39 is 17.4 Å². The van der Waals surface area contributed by atoms with Crippen molar-refractivity contribution in [1.29, 1.82) is 0 Å². The number of rotatable bonds is 5. The number of nitrogens with zero attached hydrogens (tertiary/aromatic N) is 2. The molecule has 2 aromatic carbocycles. The Morgan fingerprint density at radius 2 is 1.92 bits per heavy atom. The molecule has 0 spiro atoms. The molecule has 9 heteroatoms. The molecule has 38 heavy (non-hydrogen) atoms. The van der Waals surface area contributed by atoms with E-state index in [0.717, 1.165) is 22.1 Å². The number of hydrogen-bond donors (Lipinski definition) is 2. The molecule has 194 valence electrons. The van der Waals surface area contributed by atoms with Crippen molar-refractivity contribution in [3.05, 3.63) is 86.5 Å². The van der Waals surface area contributed by atoms with E-state index in [9.17, 15) is 14.7 Å². The standard InChI is InChI=1S/C29H26FN3O5/c1-3-17-18-9-25(37-13-15-5-7-16(31)8-6-15)22(30)11-23(18)32-26-19(17)12-33-24(26)10-21-20(27(33)34)14-38-28(35)29(21,36)4-2/h5-11,36H,3-4,12-14,31H2,1-2H3/t29-/m0/s1. The van der Waals surface area contributed by atoms with Crippen LogP contribution in [0, 0.1) is 5.82 Å². The number of benzene rings is 2. The third-order valence-electron chi connectivity index (χ3n) is 7.59. The first-order valence-corrected chi connectivity index (χ1v) is 12.5. The van der Waals surface area contributed by atoms with E-state index in [-0.39, 0.29) is 48.6 Å². The second-order valence-electron chi connectivity index (χ2n) is 9.70. The Labute approximate surface area is 217 Å². The highest BCUT2D eigenvalue weighted by molar-refractivity contribution is 5.90. The minimum Gasteiger partial charge on any atom is -0.486 e. The van der Waals surface area contributed by atoms with Crippen LogP contribution < -0.4 is 16.0 Å². The van der Waals surface area contributed by atoms with Gasteiger partial charge in [0.15, 0.2) is 17.2 Å². The molecule has 0 saturated carbocycles. The predicted molar refractivity (Wildman–Crippen MR) is 139 cm³/mol. The number of esters is 1. The molecule has 8 nitrogen and oxygen atoms in total. The summed E-state index contributed by atoms with van der Waals surface area (Å²) < 4.78 is 27.7. The van der Waals surface area contributed by atoms with E-state index in [1.165, 1.54) is 6.07 Å². The lowest BCUT2D eigenvalue weighted by Gasteiger charge is -2.31. The van der Waals surface area contributed by atoms with Gasteiger partial charge >= 0.3 is 5.97 Å². The number of aryl methyl sites for hydroxylation is 1. The number of fused-ring (bicyclic) bond motifs is 5. The van der Waals surface area contributed by atoms with Gasteiger partial charge in [-0.25, -0.2) is 14.2 Å². The van der Waals surface area contributed by atoms with Crippen LogP contribution in [0.15, 0.2) is 47.3 Å². The lowest BCUT2D eigenvalue weighted by atomic mass is 9.86. The lowest BCUT2D eigenvalue weighted by molar-refractivity contribution is -0.172. The molecule has 2 aromatic heterocycles. The molecule has 6 rings (SSSR count). The molecule has 0 saturated heterocycles. The Balaban J connectivity index is 1.47. The Hall–Kier alpha value is -4.24. The zero-order valence-corrected chi connectivity index (χ0v) is 21.0. The van der Waals surface area contributed by atoms with Crippen LogP contribution >= 0.6 is 0 Å². The summed E-state index contributed by atoms with van der Waals surface area (Å²) in [5, 5.41) is 11.8. The Kier molecular flexibility index (Phi) is 5.50. The van der Waals surface area contributed by atoms with Gasteiger partial charge in [0, 0.05) is 28.3 Å². The van der Waals surface area contributed by atoms with Crippen LogP contribution in [0.4, 0.5) is 10.1 Å². The third-order valence-corrected chi connectivity index (χ3v) is 7.59. The van der Waals surface area contributed by atoms with Crippen molar-refractivity contribution < 1.29 is 23.8 Å². The topological polar surface area (TPSA) is 117 Å². The molecule has 4 heterocycles.